The first-order chi connectivity index (χ1) is 8.26. The van der Waals surface area contributed by atoms with E-state index >= 15 is 0 Å². The molecule has 17 heavy (non-hydrogen) atoms. The van der Waals surface area contributed by atoms with Crippen LogP contribution in [-0.2, 0) is 5.54 Å². The quantitative estimate of drug-likeness (QED) is 0.894. The van der Waals surface area contributed by atoms with E-state index in [0.717, 1.165) is 24.3 Å². The molecule has 1 saturated heterocycles. The lowest BCUT2D eigenvalue weighted by molar-refractivity contribution is 0.211. The summed E-state index contributed by atoms with van der Waals surface area (Å²) in [5, 5.41) is 0. The van der Waals surface area contributed by atoms with E-state index < -0.39 is 0 Å². The number of ether oxygens (including phenoxy) is 1. The van der Waals surface area contributed by atoms with Crippen molar-refractivity contribution < 1.29 is 4.74 Å². The Bertz CT molecular complexity index is 380. The molecule has 1 aliphatic heterocycles. The molecular formula is C14H19NOS. The molecule has 0 radical (unpaired) electrons. The summed E-state index contributed by atoms with van der Waals surface area (Å²) in [6.07, 6.45) is 5.10. The summed E-state index contributed by atoms with van der Waals surface area (Å²) in [6, 6.07) is 8.39. The summed E-state index contributed by atoms with van der Waals surface area (Å²) in [7, 11) is 0. The second-order valence-electron chi connectivity index (χ2n) is 5.14. The highest BCUT2D eigenvalue weighted by Gasteiger charge is 2.39. The van der Waals surface area contributed by atoms with E-state index in [0.29, 0.717) is 6.10 Å². The van der Waals surface area contributed by atoms with Crippen LogP contribution < -0.4 is 10.5 Å². The lowest BCUT2D eigenvalue weighted by Gasteiger charge is -2.23. The third-order valence-electron chi connectivity index (χ3n) is 3.64. The topological polar surface area (TPSA) is 35.2 Å². The van der Waals surface area contributed by atoms with E-state index in [-0.39, 0.29) is 5.54 Å². The average molecular weight is 249 g/mol. The molecule has 1 atom stereocenters. The molecule has 1 saturated carbocycles. The van der Waals surface area contributed by atoms with Gasteiger partial charge in [-0.25, -0.2) is 0 Å². The van der Waals surface area contributed by atoms with Gasteiger partial charge in [0, 0.05) is 11.3 Å². The third-order valence-corrected chi connectivity index (χ3v) is 4.82. The summed E-state index contributed by atoms with van der Waals surface area (Å²) in [6.45, 7) is 0. The van der Waals surface area contributed by atoms with Crippen LogP contribution in [0.3, 0.4) is 0 Å². The SMILES string of the molecule is NC1(c2ccc(OC3CCCSC3)cc2)CC1. The number of rotatable bonds is 3. The van der Waals surface area contributed by atoms with Gasteiger partial charge in [-0.05, 0) is 49.1 Å². The van der Waals surface area contributed by atoms with Gasteiger partial charge in [0.15, 0.2) is 0 Å². The molecule has 1 aromatic rings. The van der Waals surface area contributed by atoms with Crippen molar-refractivity contribution in [3.8, 4) is 5.75 Å². The van der Waals surface area contributed by atoms with Crippen molar-refractivity contribution in [2.45, 2.75) is 37.3 Å². The number of thioether (sulfide) groups is 1. The molecule has 1 aromatic carbocycles. The summed E-state index contributed by atoms with van der Waals surface area (Å²) in [5.74, 6) is 3.40. The van der Waals surface area contributed by atoms with Crippen LogP contribution in [0.2, 0.25) is 0 Å². The molecule has 1 unspecified atom stereocenters. The molecule has 2 nitrogen and oxygen atoms in total. The fourth-order valence-corrected chi connectivity index (χ4v) is 3.32. The zero-order chi connectivity index (χ0) is 11.7. The van der Waals surface area contributed by atoms with E-state index in [2.05, 4.69) is 24.3 Å². The minimum atomic E-state index is -0.0286. The minimum absolute atomic E-state index is 0.0286. The van der Waals surface area contributed by atoms with E-state index in [1.165, 1.54) is 24.2 Å². The second-order valence-corrected chi connectivity index (χ2v) is 6.29. The van der Waals surface area contributed by atoms with Gasteiger partial charge in [0.05, 0.1) is 0 Å². The fraction of sp³-hybridized carbons (Fsp3) is 0.571. The van der Waals surface area contributed by atoms with Crippen molar-refractivity contribution in [2.24, 2.45) is 5.73 Å². The molecule has 2 N–H and O–H groups in total. The van der Waals surface area contributed by atoms with Gasteiger partial charge >= 0.3 is 0 Å². The number of nitrogens with two attached hydrogens (primary N) is 1. The smallest absolute Gasteiger partial charge is 0.119 e. The molecule has 3 heteroatoms. The Morgan fingerprint density at radius 1 is 1.24 bits per heavy atom. The Morgan fingerprint density at radius 3 is 2.59 bits per heavy atom. The molecule has 0 amide bonds. The Morgan fingerprint density at radius 2 is 2.00 bits per heavy atom. The highest BCUT2D eigenvalue weighted by molar-refractivity contribution is 7.99. The van der Waals surface area contributed by atoms with Gasteiger partial charge in [-0.1, -0.05) is 12.1 Å². The van der Waals surface area contributed by atoms with E-state index in [9.17, 15) is 0 Å². The lowest BCUT2D eigenvalue weighted by Crippen LogP contribution is -2.23. The van der Waals surface area contributed by atoms with Crippen LogP contribution in [0.1, 0.15) is 31.2 Å². The van der Waals surface area contributed by atoms with Crippen molar-refractivity contribution in [3.63, 3.8) is 0 Å². The zero-order valence-electron chi connectivity index (χ0n) is 10.0. The van der Waals surface area contributed by atoms with Crippen molar-refractivity contribution >= 4 is 11.8 Å². The largest absolute Gasteiger partial charge is 0.490 e. The van der Waals surface area contributed by atoms with Gasteiger partial charge in [-0.3, -0.25) is 0 Å². The van der Waals surface area contributed by atoms with Crippen LogP contribution in [0.25, 0.3) is 0 Å². The van der Waals surface area contributed by atoms with Crippen LogP contribution in [0.4, 0.5) is 0 Å². The van der Waals surface area contributed by atoms with E-state index in [1.807, 2.05) is 11.8 Å². The molecule has 3 rings (SSSR count). The summed E-state index contributed by atoms with van der Waals surface area (Å²) >= 11 is 1.99. The fourth-order valence-electron chi connectivity index (χ4n) is 2.29. The van der Waals surface area contributed by atoms with Crippen molar-refractivity contribution in [1.82, 2.24) is 0 Å². The van der Waals surface area contributed by atoms with Gasteiger partial charge in [-0.2, -0.15) is 11.8 Å². The molecule has 2 fully saturated rings. The first-order valence-corrected chi connectivity index (χ1v) is 7.56. The summed E-state index contributed by atoms with van der Waals surface area (Å²) in [5.41, 5.74) is 7.38. The molecule has 0 bridgehead atoms. The highest BCUT2D eigenvalue weighted by atomic mass is 32.2. The predicted octanol–water partition coefficient (Wildman–Crippen LogP) is 2.91. The molecule has 1 heterocycles. The number of benzene rings is 1. The zero-order valence-corrected chi connectivity index (χ0v) is 10.8. The van der Waals surface area contributed by atoms with Crippen LogP contribution >= 0.6 is 11.8 Å². The molecule has 0 aromatic heterocycles. The first-order valence-electron chi connectivity index (χ1n) is 6.40. The Balaban J connectivity index is 1.63. The average Bonchev–Trinajstić information content (AvgIpc) is 3.11. The summed E-state index contributed by atoms with van der Waals surface area (Å²) in [4.78, 5) is 0. The van der Waals surface area contributed by atoms with Crippen LogP contribution in [0.15, 0.2) is 24.3 Å². The standard InChI is InChI=1S/C14H19NOS/c15-14(7-8-14)11-3-5-12(6-4-11)16-13-2-1-9-17-10-13/h3-6,13H,1-2,7-10,15H2. The van der Waals surface area contributed by atoms with Gasteiger partial charge in [0.1, 0.15) is 11.9 Å². The highest BCUT2D eigenvalue weighted by Crippen LogP contribution is 2.42. The Labute approximate surface area is 107 Å². The number of hydrogen-bond acceptors (Lipinski definition) is 3. The van der Waals surface area contributed by atoms with Gasteiger partial charge in [0.2, 0.25) is 0 Å². The van der Waals surface area contributed by atoms with Gasteiger partial charge in [-0.15, -0.1) is 0 Å². The van der Waals surface area contributed by atoms with Crippen LogP contribution in [0.5, 0.6) is 5.75 Å². The Hall–Kier alpha value is -0.670. The van der Waals surface area contributed by atoms with Crippen molar-refractivity contribution in [3.05, 3.63) is 29.8 Å². The monoisotopic (exact) mass is 249 g/mol. The summed E-state index contributed by atoms with van der Waals surface area (Å²) < 4.78 is 5.98. The minimum Gasteiger partial charge on any atom is -0.490 e. The number of hydrogen-bond donors (Lipinski definition) is 1. The Kier molecular flexibility index (Phi) is 3.05. The van der Waals surface area contributed by atoms with Crippen LogP contribution in [-0.4, -0.2) is 17.6 Å². The van der Waals surface area contributed by atoms with Crippen molar-refractivity contribution in [2.75, 3.05) is 11.5 Å². The molecule has 92 valence electrons. The third kappa shape index (κ3) is 2.61. The lowest BCUT2D eigenvalue weighted by atomic mass is 10.1. The van der Waals surface area contributed by atoms with Gasteiger partial charge in [0.25, 0.3) is 0 Å². The maximum atomic E-state index is 6.16. The molecule has 2 aliphatic rings. The van der Waals surface area contributed by atoms with Crippen molar-refractivity contribution in [1.29, 1.82) is 0 Å². The molecule has 1 aliphatic carbocycles. The molecular weight excluding hydrogens is 230 g/mol. The normalized spacial score (nSPS) is 26.5. The first kappa shape index (κ1) is 11.4. The second kappa shape index (κ2) is 4.54. The maximum Gasteiger partial charge on any atom is 0.119 e. The van der Waals surface area contributed by atoms with Crippen LogP contribution in [0, 0.1) is 0 Å². The predicted molar refractivity (Wildman–Crippen MR) is 72.5 cm³/mol. The van der Waals surface area contributed by atoms with E-state index in [4.69, 9.17) is 10.5 Å². The van der Waals surface area contributed by atoms with Gasteiger partial charge < -0.3 is 10.5 Å². The molecule has 0 spiro atoms. The van der Waals surface area contributed by atoms with E-state index in [1.54, 1.807) is 0 Å². The maximum absolute atomic E-state index is 6.16.